The van der Waals surface area contributed by atoms with Crippen molar-refractivity contribution in [3.05, 3.63) is 65.2 Å². The summed E-state index contributed by atoms with van der Waals surface area (Å²) in [5.41, 5.74) is 1.48. The molecule has 2 aromatic rings. The summed E-state index contributed by atoms with van der Waals surface area (Å²) in [6.07, 6.45) is 0.593. The molecule has 4 rings (SSSR count). The Balaban J connectivity index is 1.50. The van der Waals surface area contributed by atoms with Gasteiger partial charge in [-0.15, -0.1) is 0 Å². The fourth-order valence-corrected chi connectivity index (χ4v) is 5.08. The van der Waals surface area contributed by atoms with Crippen molar-refractivity contribution in [3.8, 4) is 0 Å². The third kappa shape index (κ3) is 3.13. The normalized spacial score (nSPS) is 20.0. The molecule has 1 atom stereocenters. The van der Waals surface area contributed by atoms with Gasteiger partial charge in [0.15, 0.2) is 0 Å². The average Bonchev–Trinajstić information content (AvgIpc) is 3.29. The van der Waals surface area contributed by atoms with Crippen LogP contribution in [0.3, 0.4) is 0 Å². The van der Waals surface area contributed by atoms with Crippen molar-refractivity contribution in [1.29, 1.82) is 0 Å². The maximum Gasteiger partial charge on any atom is 0.261 e. The molecule has 2 aromatic carbocycles. The number of carbonyl (C=O) groups excluding carboxylic acids is 2. The molecule has 0 aromatic heterocycles. The van der Waals surface area contributed by atoms with Gasteiger partial charge in [0.25, 0.3) is 11.8 Å². The van der Waals surface area contributed by atoms with E-state index in [1.165, 1.54) is 21.3 Å². The number of hydrogen-bond acceptors (Lipinski definition) is 5. The molecule has 2 amide bonds. The number of nitrogens with zero attached hydrogens (tertiary/aromatic N) is 2. The average molecular weight is 400 g/mol. The molecule has 146 valence electrons. The first-order valence-corrected chi connectivity index (χ1v) is 10.4. The second kappa shape index (κ2) is 7.12. The number of methoxy groups -OCH3 is 1. The Morgan fingerprint density at radius 2 is 1.61 bits per heavy atom. The summed E-state index contributed by atoms with van der Waals surface area (Å²) in [6, 6.07) is 13.0. The number of amides is 2. The van der Waals surface area contributed by atoms with Gasteiger partial charge in [0.2, 0.25) is 10.0 Å². The lowest BCUT2D eigenvalue weighted by molar-refractivity contribution is 0.0642. The molecule has 0 spiro atoms. The van der Waals surface area contributed by atoms with Crippen molar-refractivity contribution in [1.82, 2.24) is 9.21 Å². The summed E-state index contributed by atoms with van der Waals surface area (Å²) in [5.74, 6) is -0.667. The Labute approximate surface area is 163 Å². The topological polar surface area (TPSA) is 84.0 Å². The fraction of sp³-hybridized carbons (Fsp3) is 0.300. The van der Waals surface area contributed by atoms with E-state index in [-0.39, 0.29) is 29.4 Å². The molecule has 2 aliphatic heterocycles. The summed E-state index contributed by atoms with van der Waals surface area (Å²) < 4.78 is 32.2. The van der Waals surface area contributed by atoms with Crippen LogP contribution in [0.15, 0.2) is 53.4 Å². The van der Waals surface area contributed by atoms with Gasteiger partial charge in [0, 0.05) is 20.2 Å². The molecular formula is C20H20N2O5S. The van der Waals surface area contributed by atoms with Gasteiger partial charge in [-0.05, 0) is 36.2 Å². The van der Waals surface area contributed by atoms with Gasteiger partial charge in [-0.3, -0.25) is 14.5 Å². The van der Waals surface area contributed by atoms with Crippen LogP contribution in [0.4, 0.5) is 0 Å². The van der Waals surface area contributed by atoms with E-state index in [1.807, 2.05) is 0 Å². The smallest absolute Gasteiger partial charge is 0.261 e. The first-order chi connectivity index (χ1) is 13.4. The van der Waals surface area contributed by atoms with Crippen LogP contribution >= 0.6 is 0 Å². The molecule has 7 nitrogen and oxygen atoms in total. The molecule has 1 fully saturated rings. The highest BCUT2D eigenvalue weighted by atomic mass is 32.2. The van der Waals surface area contributed by atoms with E-state index in [2.05, 4.69) is 0 Å². The number of rotatable bonds is 5. The molecule has 0 N–H and O–H groups in total. The zero-order valence-corrected chi connectivity index (χ0v) is 16.2. The molecule has 0 aliphatic carbocycles. The van der Waals surface area contributed by atoms with Crippen LogP contribution in [-0.2, 0) is 21.3 Å². The van der Waals surface area contributed by atoms with Crippen molar-refractivity contribution in [3.63, 3.8) is 0 Å². The van der Waals surface area contributed by atoms with Gasteiger partial charge in [-0.1, -0.05) is 24.3 Å². The van der Waals surface area contributed by atoms with Gasteiger partial charge >= 0.3 is 0 Å². The Morgan fingerprint density at radius 1 is 1.00 bits per heavy atom. The quantitative estimate of drug-likeness (QED) is 0.716. The van der Waals surface area contributed by atoms with Crippen molar-refractivity contribution in [2.75, 3.05) is 20.2 Å². The molecule has 2 aliphatic rings. The third-order valence-electron chi connectivity index (χ3n) is 5.22. The SMILES string of the molecule is COC1CCN(S(=O)(=O)c2ccc(CN3C(=O)c4ccccc4C3=O)cc2)C1. The first kappa shape index (κ1) is 18.8. The van der Waals surface area contributed by atoms with Crippen LogP contribution in [0, 0.1) is 0 Å². The van der Waals surface area contributed by atoms with E-state index in [0.29, 0.717) is 36.2 Å². The van der Waals surface area contributed by atoms with Gasteiger partial charge in [0.05, 0.1) is 28.7 Å². The van der Waals surface area contributed by atoms with Crippen LogP contribution < -0.4 is 0 Å². The zero-order valence-electron chi connectivity index (χ0n) is 15.4. The number of hydrogen-bond donors (Lipinski definition) is 0. The maximum atomic E-state index is 12.8. The highest BCUT2D eigenvalue weighted by Gasteiger charge is 2.35. The minimum atomic E-state index is -3.59. The van der Waals surface area contributed by atoms with Crippen molar-refractivity contribution in [2.24, 2.45) is 0 Å². The van der Waals surface area contributed by atoms with Crippen LogP contribution in [0.5, 0.6) is 0 Å². The molecule has 0 saturated carbocycles. The van der Waals surface area contributed by atoms with E-state index in [1.54, 1.807) is 43.5 Å². The number of sulfonamides is 1. The molecular weight excluding hydrogens is 380 g/mol. The Bertz CT molecular complexity index is 998. The molecule has 0 bridgehead atoms. The lowest BCUT2D eigenvalue weighted by Gasteiger charge is -2.17. The van der Waals surface area contributed by atoms with E-state index in [0.717, 1.165) is 0 Å². The summed E-state index contributed by atoms with van der Waals surface area (Å²) in [6.45, 7) is 0.870. The van der Waals surface area contributed by atoms with Crippen LogP contribution in [0.1, 0.15) is 32.7 Å². The lowest BCUT2D eigenvalue weighted by atomic mass is 10.1. The van der Waals surface area contributed by atoms with Gasteiger partial charge in [-0.25, -0.2) is 8.42 Å². The summed E-state index contributed by atoms with van der Waals surface area (Å²) in [7, 11) is -2.01. The summed E-state index contributed by atoms with van der Waals surface area (Å²) in [4.78, 5) is 26.3. The Hall–Kier alpha value is -2.55. The van der Waals surface area contributed by atoms with Crippen LogP contribution in [-0.4, -0.2) is 55.7 Å². The van der Waals surface area contributed by atoms with E-state index >= 15 is 0 Å². The summed E-state index contributed by atoms with van der Waals surface area (Å²) >= 11 is 0. The van der Waals surface area contributed by atoms with Crippen LogP contribution in [0.2, 0.25) is 0 Å². The van der Waals surface area contributed by atoms with Gasteiger partial charge in [0.1, 0.15) is 0 Å². The van der Waals surface area contributed by atoms with Crippen molar-refractivity contribution < 1.29 is 22.7 Å². The summed E-state index contributed by atoms with van der Waals surface area (Å²) in [5, 5.41) is 0. The number of ether oxygens (including phenoxy) is 1. The standard InChI is InChI=1S/C20H20N2O5S/c1-27-15-10-11-21(13-15)28(25,26)16-8-6-14(7-9-16)12-22-19(23)17-4-2-3-5-18(17)20(22)24/h2-9,15H,10-13H2,1H3. The molecule has 28 heavy (non-hydrogen) atoms. The van der Waals surface area contributed by atoms with Gasteiger partial charge < -0.3 is 4.74 Å². The Kier molecular flexibility index (Phi) is 4.78. The highest BCUT2D eigenvalue weighted by Crippen LogP contribution is 2.26. The fourth-order valence-electron chi connectivity index (χ4n) is 3.59. The number of carbonyl (C=O) groups is 2. The minimum Gasteiger partial charge on any atom is -0.380 e. The molecule has 1 unspecified atom stereocenters. The second-order valence-corrected chi connectivity index (χ2v) is 8.83. The van der Waals surface area contributed by atoms with E-state index < -0.39 is 10.0 Å². The van der Waals surface area contributed by atoms with E-state index in [4.69, 9.17) is 4.74 Å². The molecule has 2 heterocycles. The number of fused-ring (bicyclic) bond motifs is 1. The van der Waals surface area contributed by atoms with E-state index in [9.17, 15) is 18.0 Å². The van der Waals surface area contributed by atoms with Crippen molar-refractivity contribution in [2.45, 2.75) is 24.0 Å². The molecule has 8 heteroatoms. The first-order valence-electron chi connectivity index (χ1n) is 8.99. The predicted octanol–water partition coefficient (Wildman–Crippen LogP) is 1.89. The third-order valence-corrected chi connectivity index (χ3v) is 7.10. The van der Waals surface area contributed by atoms with Crippen molar-refractivity contribution >= 4 is 21.8 Å². The number of benzene rings is 2. The maximum absolute atomic E-state index is 12.8. The highest BCUT2D eigenvalue weighted by molar-refractivity contribution is 7.89. The largest absolute Gasteiger partial charge is 0.380 e. The van der Waals surface area contributed by atoms with Gasteiger partial charge in [-0.2, -0.15) is 4.31 Å². The lowest BCUT2D eigenvalue weighted by Crippen LogP contribution is -2.30. The number of imide groups is 1. The Morgan fingerprint density at radius 3 is 2.14 bits per heavy atom. The molecule has 1 saturated heterocycles. The minimum absolute atomic E-state index is 0.0807. The second-order valence-electron chi connectivity index (χ2n) is 6.90. The van der Waals surface area contributed by atoms with Crippen LogP contribution in [0.25, 0.3) is 0 Å². The predicted molar refractivity (Wildman–Crippen MR) is 101 cm³/mol. The monoisotopic (exact) mass is 400 g/mol. The molecule has 0 radical (unpaired) electrons. The zero-order chi connectivity index (χ0) is 19.9.